The molecule has 2 aromatic rings. The Morgan fingerprint density at radius 2 is 1.85 bits per heavy atom. The van der Waals surface area contributed by atoms with Gasteiger partial charge in [-0.3, -0.25) is 14.6 Å². The summed E-state index contributed by atoms with van der Waals surface area (Å²) in [4.78, 5) is 34.1. The van der Waals surface area contributed by atoms with Crippen molar-refractivity contribution in [2.24, 2.45) is 11.8 Å². The van der Waals surface area contributed by atoms with Crippen molar-refractivity contribution in [1.82, 2.24) is 9.97 Å². The fraction of sp³-hybridized carbons (Fsp3) is 0.400. The Labute approximate surface area is 157 Å². The standard InChI is InChI=1S/C20H22N4O3/c25-19(14-5-9-24(10-6-14)18-12-21-7-8-22-18)23-15-3-1-13(2-4-15)16-11-17(16)20(26)27/h1-4,7-8,12,14,16-17H,5-6,9-11H2,(H,23,25)(H,26,27)/t16-,17+/m0/s1. The molecule has 1 aromatic carbocycles. The summed E-state index contributed by atoms with van der Waals surface area (Å²) in [5.41, 5.74) is 1.78. The van der Waals surface area contributed by atoms with Gasteiger partial charge in [-0.2, -0.15) is 0 Å². The lowest BCUT2D eigenvalue weighted by Gasteiger charge is -2.31. The molecular weight excluding hydrogens is 344 g/mol. The number of carbonyl (C=O) groups is 2. The van der Waals surface area contributed by atoms with Gasteiger partial charge in [0, 0.05) is 37.1 Å². The van der Waals surface area contributed by atoms with Crippen molar-refractivity contribution in [3.63, 3.8) is 0 Å². The van der Waals surface area contributed by atoms with Gasteiger partial charge >= 0.3 is 5.97 Å². The van der Waals surface area contributed by atoms with Crippen molar-refractivity contribution in [3.05, 3.63) is 48.4 Å². The molecule has 0 spiro atoms. The summed E-state index contributed by atoms with van der Waals surface area (Å²) >= 11 is 0. The average molecular weight is 366 g/mol. The van der Waals surface area contributed by atoms with E-state index in [1.165, 1.54) is 0 Å². The Morgan fingerprint density at radius 3 is 2.44 bits per heavy atom. The Bertz CT molecular complexity index is 817. The minimum Gasteiger partial charge on any atom is -0.481 e. The van der Waals surface area contributed by atoms with Crippen molar-refractivity contribution in [2.45, 2.75) is 25.2 Å². The van der Waals surface area contributed by atoms with Crippen molar-refractivity contribution in [1.29, 1.82) is 0 Å². The summed E-state index contributed by atoms with van der Waals surface area (Å²) in [5.74, 6) is -0.00621. The number of piperidine rings is 1. The molecule has 1 amide bonds. The van der Waals surface area contributed by atoms with Crippen molar-refractivity contribution in [3.8, 4) is 0 Å². The second-order valence-electron chi connectivity index (χ2n) is 7.22. The van der Waals surface area contributed by atoms with E-state index in [0.717, 1.165) is 43.0 Å². The highest BCUT2D eigenvalue weighted by Gasteiger charge is 2.44. The average Bonchev–Trinajstić information content (AvgIpc) is 3.51. The molecule has 140 valence electrons. The number of carboxylic acid groups (broad SMARTS) is 1. The molecule has 1 aromatic heterocycles. The number of carboxylic acids is 1. The topological polar surface area (TPSA) is 95.4 Å². The quantitative estimate of drug-likeness (QED) is 0.844. The predicted octanol–water partition coefficient (Wildman–Crippen LogP) is 2.52. The Kier molecular flexibility index (Phi) is 4.75. The third kappa shape index (κ3) is 3.92. The summed E-state index contributed by atoms with van der Waals surface area (Å²) < 4.78 is 0. The van der Waals surface area contributed by atoms with Gasteiger partial charge in [0.1, 0.15) is 5.82 Å². The number of hydrogen-bond donors (Lipinski definition) is 2. The highest BCUT2D eigenvalue weighted by molar-refractivity contribution is 5.92. The first kappa shape index (κ1) is 17.5. The number of nitrogens with one attached hydrogen (secondary N) is 1. The third-order valence-electron chi connectivity index (χ3n) is 5.45. The van der Waals surface area contributed by atoms with Crippen LogP contribution in [0.5, 0.6) is 0 Å². The fourth-order valence-corrected chi connectivity index (χ4v) is 3.72. The monoisotopic (exact) mass is 366 g/mol. The Balaban J connectivity index is 1.29. The summed E-state index contributed by atoms with van der Waals surface area (Å²) in [7, 11) is 0. The predicted molar refractivity (Wildman–Crippen MR) is 101 cm³/mol. The molecule has 1 saturated heterocycles. The van der Waals surface area contributed by atoms with Gasteiger partial charge in [0.15, 0.2) is 0 Å². The summed E-state index contributed by atoms with van der Waals surface area (Å²) in [6.45, 7) is 1.57. The first-order chi connectivity index (χ1) is 13.1. The Hall–Kier alpha value is -2.96. The van der Waals surface area contributed by atoms with Gasteiger partial charge < -0.3 is 15.3 Å². The van der Waals surface area contributed by atoms with E-state index >= 15 is 0 Å². The van der Waals surface area contributed by atoms with Crippen LogP contribution < -0.4 is 10.2 Å². The summed E-state index contributed by atoms with van der Waals surface area (Å²) in [6, 6.07) is 7.55. The molecule has 4 rings (SSSR count). The van der Waals surface area contributed by atoms with Gasteiger partial charge in [0.05, 0.1) is 12.1 Å². The highest BCUT2D eigenvalue weighted by atomic mass is 16.4. The lowest BCUT2D eigenvalue weighted by molar-refractivity contribution is -0.138. The van der Waals surface area contributed by atoms with Crippen LogP contribution in [0.15, 0.2) is 42.9 Å². The van der Waals surface area contributed by atoms with Crippen LogP contribution in [0.3, 0.4) is 0 Å². The first-order valence-corrected chi connectivity index (χ1v) is 9.26. The van der Waals surface area contributed by atoms with Crippen LogP contribution in [0, 0.1) is 11.8 Å². The smallest absolute Gasteiger partial charge is 0.307 e. The van der Waals surface area contributed by atoms with Gasteiger partial charge in [0.2, 0.25) is 5.91 Å². The first-order valence-electron chi connectivity index (χ1n) is 9.26. The van der Waals surface area contributed by atoms with Gasteiger partial charge in [-0.05, 0) is 42.9 Å². The molecule has 1 saturated carbocycles. The number of carbonyl (C=O) groups excluding carboxylic acids is 1. The van der Waals surface area contributed by atoms with E-state index in [4.69, 9.17) is 5.11 Å². The molecule has 7 nitrogen and oxygen atoms in total. The number of anilines is 2. The van der Waals surface area contributed by atoms with E-state index < -0.39 is 5.97 Å². The lowest BCUT2D eigenvalue weighted by Crippen LogP contribution is -2.38. The van der Waals surface area contributed by atoms with Crippen LogP contribution in [0.2, 0.25) is 0 Å². The van der Waals surface area contributed by atoms with E-state index in [1.54, 1.807) is 18.6 Å². The zero-order valence-corrected chi connectivity index (χ0v) is 14.9. The number of nitrogens with zero attached hydrogens (tertiary/aromatic N) is 3. The molecule has 2 aliphatic rings. The zero-order valence-electron chi connectivity index (χ0n) is 14.9. The molecule has 2 heterocycles. The van der Waals surface area contributed by atoms with Crippen LogP contribution >= 0.6 is 0 Å². The molecule has 7 heteroatoms. The maximum absolute atomic E-state index is 12.5. The molecule has 27 heavy (non-hydrogen) atoms. The van der Waals surface area contributed by atoms with Crippen LogP contribution in [0.25, 0.3) is 0 Å². The van der Waals surface area contributed by atoms with Crippen LogP contribution in [0.4, 0.5) is 11.5 Å². The SMILES string of the molecule is O=C(Nc1ccc([C@@H]2C[C@H]2C(=O)O)cc1)C1CCN(c2cnccn2)CC1. The number of aromatic nitrogens is 2. The fourth-order valence-electron chi connectivity index (χ4n) is 3.72. The van der Waals surface area contributed by atoms with Gasteiger partial charge in [-0.25, -0.2) is 4.98 Å². The molecule has 0 radical (unpaired) electrons. The maximum Gasteiger partial charge on any atom is 0.307 e. The minimum absolute atomic E-state index is 0.0163. The molecule has 2 N–H and O–H groups in total. The largest absolute Gasteiger partial charge is 0.481 e. The zero-order chi connectivity index (χ0) is 18.8. The number of rotatable bonds is 5. The van der Waals surface area contributed by atoms with Crippen LogP contribution in [-0.4, -0.2) is 40.0 Å². The van der Waals surface area contributed by atoms with E-state index in [9.17, 15) is 9.59 Å². The third-order valence-corrected chi connectivity index (χ3v) is 5.45. The summed E-state index contributed by atoms with van der Waals surface area (Å²) in [6.07, 6.45) is 7.34. The normalized spacial score (nSPS) is 22.3. The molecule has 1 aliphatic carbocycles. The van der Waals surface area contributed by atoms with Crippen LogP contribution in [0.1, 0.15) is 30.7 Å². The highest BCUT2D eigenvalue weighted by Crippen LogP contribution is 2.47. The lowest BCUT2D eigenvalue weighted by atomic mass is 9.96. The van der Waals surface area contributed by atoms with E-state index in [2.05, 4.69) is 20.2 Å². The molecular formula is C20H22N4O3. The number of amides is 1. The molecule has 2 atom stereocenters. The minimum atomic E-state index is -0.731. The van der Waals surface area contributed by atoms with Gasteiger partial charge in [-0.15, -0.1) is 0 Å². The van der Waals surface area contributed by atoms with Crippen LogP contribution in [-0.2, 0) is 9.59 Å². The van der Waals surface area contributed by atoms with Crippen molar-refractivity contribution >= 4 is 23.4 Å². The van der Waals surface area contributed by atoms with Crippen molar-refractivity contribution < 1.29 is 14.7 Å². The molecule has 0 bridgehead atoms. The van der Waals surface area contributed by atoms with E-state index in [0.29, 0.717) is 6.42 Å². The Morgan fingerprint density at radius 1 is 1.11 bits per heavy atom. The number of benzene rings is 1. The van der Waals surface area contributed by atoms with E-state index in [-0.39, 0.29) is 23.7 Å². The van der Waals surface area contributed by atoms with Gasteiger partial charge in [-0.1, -0.05) is 12.1 Å². The molecule has 1 aliphatic heterocycles. The molecule has 2 fully saturated rings. The van der Waals surface area contributed by atoms with Crippen molar-refractivity contribution in [2.75, 3.05) is 23.3 Å². The summed E-state index contributed by atoms with van der Waals surface area (Å²) in [5, 5.41) is 12.0. The van der Waals surface area contributed by atoms with Gasteiger partial charge in [0.25, 0.3) is 0 Å². The van der Waals surface area contributed by atoms with E-state index in [1.807, 2.05) is 24.3 Å². The second kappa shape index (κ2) is 7.34. The second-order valence-corrected chi connectivity index (χ2v) is 7.22. The maximum atomic E-state index is 12.5. The number of aliphatic carboxylic acids is 1. The number of hydrogen-bond acceptors (Lipinski definition) is 5. The molecule has 0 unspecified atom stereocenters.